The number of carbonyl (C=O) groups is 1. The molecule has 0 aromatic heterocycles. The Morgan fingerprint density at radius 1 is 1.35 bits per heavy atom. The predicted molar refractivity (Wildman–Crippen MR) is 70.9 cm³/mol. The summed E-state index contributed by atoms with van der Waals surface area (Å²) in [6, 6.07) is 8.22. The summed E-state index contributed by atoms with van der Waals surface area (Å²) in [5, 5.41) is 5.39. The van der Waals surface area contributed by atoms with Crippen LogP contribution in [0.4, 0.5) is 4.79 Å². The molecule has 1 aromatic rings. The Balaban J connectivity index is 2.93. The molecule has 0 atom stereocenters. The van der Waals surface area contributed by atoms with E-state index in [1.165, 1.54) is 0 Å². The van der Waals surface area contributed by atoms with Crippen LogP contribution in [0.2, 0.25) is 0 Å². The monoisotopic (exact) mass is 302 g/mol. The number of hydrazine groups is 1. The van der Waals surface area contributed by atoms with Crippen molar-refractivity contribution >= 4 is 22.2 Å². The van der Waals surface area contributed by atoms with Crippen molar-refractivity contribution in [2.24, 2.45) is 15.4 Å². The molecule has 0 spiro atoms. The summed E-state index contributed by atoms with van der Waals surface area (Å²) in [5.41, 5.74) is 0. The number of para-hydroxylation sites is 1. The SMILES string of the molecule is COC(=O)N(N)C/C(=N\S(N)(=O)=O)Oc1ccccc1. The zero-order valence-corrected chi connectivity index (χ0v) is 11.4. The molecule has 1 amide bonds. The highest BCUT2D eigenvalue weighted by Gasteiger charge is 2.16. The molecular weight excluding hydrogens is 288 g/mol. The molecule has 1 aromatic carbocycles. The summed E-state index contributed by atoms with van der Waals surface area (Å²) >= 11 is 0. The molecule has 10 heteroatoms. The van der Waals surface area contributed by atoms with Crippen LogP contribution in [-0.4, -0.2) is 39.1 Å². The third kappa shape index (κ3) is 5.65. The first-order chi connectivity index (χ1) is 9.31. The number of ether oxygens (including phenoxy) is 2. The quantitative estimate of drug-likeness (QED) is 0.255. The van der Waals surface area contributed by atoms with Crippen LogP contribution in [0.1, 0.15) is 0 Å². The fraction of sp³-hybridized carbons (Fsp3) is 0.200. The molecular formula is C10H14N4O5S. The first-order valence-corrected chi connectivity index (χ1v) is 6.77. The topological polar surface area (TPSA) is 137 Å². The van der Waals surface area contributed by atoms with Gasteiger partial charge in [0.15, 0.2) is 0 Å². The van der Waals surface area contributed by atoms with Crippen molar-refractivity contribution in [2.75, 3.05) is 13.7 Å². The summed E-state index contributed by atoms with van der Waals surface area (Å²) in [4.78, 5) is 11.2. The van der Waals surface area contributed by atoms with E-state index in [-0.39, 0.29) is 5.90 Å². The zero-order valence-electron chi connectivity index (χ0n) is 10.6. The highest BCUT2D eigenvalue weighted by atomic mass is 32.2. The number of nitrogens with two attached hydrogens (primary N) is 2. The first-order valence-electron chi connectivity index (χ1n) is 5.26. The minimum absolute atomic E-state index is 0.313. The van der Waals surface area contributed by atoms with Crippen molar-refractivity contribution in [1.29, 1.82) is 0 Å². The molecule has 20 heavy (non-hydrogen) atoms. The number of hydrogen-bond donors (Lipinski definition) is 2. The number of rotatable bonds is 4. The van der Waals surface area contributed by atoms with Crippen molar-refractivity contribution in [1.82, 2.24) is 5.01 Å². The highest BCUT2D eigenvalue weighted by Crippen LogP contribution is 2.09. The number of methoxy groups -OCH3 is 1. The molecule has 9 nitrogen and oxygen atoms in total. The van der Waals surface area contributed by atoms with Crippen LogP contribution < -0.4 is 15.7 Å². The number of carbonyl (C=O) groups excluding carboxylic acids is 1. The minimum Gasteiger partial charge on any atom is -0.452 e. The van der Waals surface area contributed by atoms with Crippen LogP contribution >= 0.6 is 0 Å². The first kappa shape index (κ1) is 15.9. The van der Waals surface area contributed by atoms with Gasteiger partial charge in [0.05, 0.1) is 7.11 Å². The molecule has 0 heterocycles. The molecule has 1 rings (SSSR count). The Morgan fingerprint density at radius 3 is 2.45 bits per heavy atom. The summed E-state index contributed by atoms with van der Waals surface area (Å²) in [7, 11) is -3.07. The number of amides is 1. The Bertz CT molecular complexity index is 587. The van der Waals surface area contributed by atoms with Gasteiger partial charge in [-0.15, -0.1) is 4.40 Å². The van der Waals surface area contributed by atoms with E-state index in [0.717, 1.165) is 7.11 Å². The lowest BCUT2D eigenvalue weighted by Gasteiger charge is -2.16. The fourth-order valence-electron chi connectivity index (χ4n) is 1.17. The second kappa shape index (κ2) is 6.84. The van der Waals surface area contributed by atoms with E-state index in [4.69, 9.17) is 15.7 Å². The lowest BCUT2D eigenvalue weighted by Crippen LogP contribution is -2.42. The van der Waals surface area contributed by atoms with E-state index in [1.807, 2.05) is 0 Å². The van der Waals surface area contributed by atoms with Gasteiger partial charge >= 0.3 is 16.3 Å². The minimum atomic E-state index is -4.19. The number of benzene rings is 1. The average molecular weight is 302 g/mol. The second-order valence-electron chi connectivity index (χ2n) is 3.51. The van der Waals surface area contributed by atoms with Gasteiger partial charge in [-0.25, -0.2) is 20.8 Å². The smallest absolute Gasteiger partial charge is 0.424 e. The van der Waals surface area contributed by atoms with Crippen molar-refractivity contribution in [3.63, 3.8) is 0 Å². The summed E-state index contributed by atoms with van der Waals surface area (Å²) in [5.74, 6) is 5.31. The van der Waals surface area contributed by atoms with E-state index >= 15 is 0 Å². The van der Waals surface area contributed by atoms with Gasteiger partial charge in [-0.2, -0.15) is 8.42 Å². The standard InChI is InChI=1S/C10H14N4O5S/c1-18-10(15)14(11)7-9(13-20(12,16)17)19-8-5-3-2-4-6-8/h2-6H,7,11H2,1H3,(H2,12,16,17)/b13-9+. The lowest BCUT2D eigenvalue weighted by atomic mass is 10.3. The largest absolute Gasteiger partial charge is 0.452 e. The molecule has 0 bridgehead atoms. The fourth-order valence-corrected chi connectivity index (χ4v) is 1.55. The van der Waals surface area contributed by atoms with Crippen molar-refractivity contribution in [2.45, 2.75) is 0 Å². The molecule has 110 valence electrons. The van der Waals surface area contributed by atoms with Gasteiger partial charge in [0.2, 0.25) is 5.90 Å². The molecule has 0 aliphatic carbocycles. The van der Waals surface area contributed by atoms with Crippen LogP contribution in [0, 0.1) is 0 Å². The Kier molecular flexibility index (Phi) is 5.43. The van der Waals surface area contributed by atoms with Crippen molar-refractivity contribution < 1.29 is 22.7 Å². The molecule has 0 aliphatic heterocycles. The van der Waals surface area contributed by atoms with Crippen LogP contribution in [0.25, 0.3) is 0 Å². The van der Waals surface area contributed by atoms with E-state index < -0.39 is 22.8 Å². The van der Waals surface area contributed by atoms with Gasteiger partial charge in [-0.1, -0.05) is 18.2 Å². The van der Waals surface area contributed by atoms with Crippen LogP contribution in [0.3, 0.4) is 0 Å². The average Bonchev–Trinajstić information content (AvgIpc) is 2.36. The molecule has 4 N–H and O–H groups in total. The third-order valence-electron chi connectivity index (χ3n) is 1.92. The van der Waals surface area contributed by atoms with Gasteiger partial charge in [-0.05, 0) is 12.1 Å². The zero-order chi connectivity index (χ0) is 15.2. The summed E-state index contributed by atoms with van der Waals surface area (Å²) < 4.78 is 34.7. The highest BCUT2D eigenvalue weighted by molar-refractivity contribution is 7.88. The lowest BCUT2D eigenvalue weighted by molar-refractivity contribution is 0.128. The van der Waals surface area contributed by atoms with Gasteiger partial charge < -0.3 is 9.47 Å². The molecule has 0 unspecified atom stereocenters. The molecule has 0 saturated carbocycles. The number of hydrogen-bond acceptors (Lipinski definition) is 6. The van der Waals surface area contributed by atoms with Gasteiger partial charge in [0.25, 0.3) is 0 Å². The van der Waals surface area contributed by atoms with Crippen LogP contribution in [-0.2, 0) is 14.9 Å². The van der Waals surface area contributed by atoms with E-state index in [2.05, 4.69) is 9.13 Å². The molecule has 0 aliphatic rings. The Hall–Kier alpha value is -2.17. The van der Waals surface area contributed by atoms with E-state index in [1.54, 1.807) is 30.3 Å². The number of nitrogens with zero attached hydrogens (tertiary/aromatic N) is 2. The van der Waals surface area contributed by atoms with Crippen LogP contribution in [0.15, 0.2) is 34.7 Å². The predicted octanol–water partition coefficient (Wildman–Crippen LogP) is -0.390. The normalized spacial score (nSPS) is 11.8. The van der Waals surface area contributed by atoms with Crippen molar-refractivity contribution in [3.8, 4) is 5.75 Å². The molecule has 0 saturated heterocycles. The summed E-state index contributed by atoms with van der Waals surface area (Å²) in [6.45, 7) is -0.433. The van der Waals surface area contributed by atoms with E-state index in [9.17, 15) is 13.2 Å². The van der Waals surface area contributed by atoms with Gasteiger partial charge in [0, 0.05) is 0 Å². The van der Waals surface area contributed by atoms with Gasteiger partial charge in [0.1, 0.15) is 12.3 Å². The summed E-state index contributed by atoms with van der Waals surface area (Å²) in [6.07, 6.45) is -0.885. The second-order valence-corrected chi connectivity index (χ2v) is 4.73. The van der Waals surface area contributed by atoms with Crippen molar-refractivity contribution in [3.05, 3.63) is 30.3 Å². The molecule has 0 radical (unpaired) electrons. The maximum absolute atomic E-state index is 11.2. The maximum atomic E-state index is 11.2. The van der Waals surface area contributed by atoms with Gasteiger partial charge in [-0.3, -0.25) is 0 Å². The Morgan fingerprint density at radius 2 is 1.95 bits per heavy atom. The Labute approximate surface area is 115 Å². The van der Waals surface area contributed by atoms with Crippen LogP contribution in [0.5, 0.6) is 5.75 Å². The third-order valence-corrected chi connectivity index (χ3v) is 2.38. The van der Waals surface area contributed by atoms with E-state index in [0.29, 0.717) is 10.8 Å². The molecule has 0 fully saturated rings. The maximum Gasteiger partial charge on any atom is 0.424 e.